The van der Waals surface area contributed by atoms with E-state index in [1.807, 2.05) is 0 Å². The summed E-state index contributed by atoms with van der Waals surface area (Å²) in [7, 11) is 1.32. The number of hydrogen-bond acceptors (Lipinski definition) is 5. The zero-order valence-corrected chi connectivity index (χ0v) is 12.3. The third-order valence-electron chi connectivity index (χ3n) is 3.02. The Morgan fingerprint density at radius 3 is 2.80 bits per heavy atom. The van der Waals surface area contributed by atoms with E-state index in [4.69, 9.17) is 4.74 Å². The molecule has 1 heterocycles. The number of ether oxygens (including phenoxy) is 2. The summed E-state index contributed by atoms with van der Waals surface area (Å²) in [5.74, 6) is 0.197. The van der Waals surface area contributed by atoms with E-state index in [1.165, 1.54) is 20.0 Å². The Morgan fingerprint density at radius 1 is 1.35 bits per heavy atom. The molecule has 0 aromatic carbocycles. The second-order valence-electron chi connectivity index (χ2n) is 4.78. The van der Waals surface area contributed by atoms with Gasteiger partial charge in [0.1, 0.15) is 4.88 Å². The summed E-state index contributed by atoms with van der Waals surface area (Å²) < 4.78 is 10.1. The zero-order chi connectivity index (χ0) is 14.4. The first-order valence-electron chi connectivity index (χ1n) is 6.75. The van der Waals surface area contributed by atoms with Crippen molar-refractivity contribution in [1.82, 2.24) is 5.32 Å². The van der Waals surface area contributed by atoms with Gasteiger partial charge in [-0.15, -0.1) is 11.3 Å². The lowest BCUT2D eigenvalue weighted by Gasteiger charge is -2.04. The summed E-state index contributed by atoms with van der Waals surface area (Å²) in [6.07, 6.45) is 3.38. The van der Waals surface area contributed by atoms with Gasteiger partial charge in [-0.2, -0.15) is 0 Å². The lowest BCUT2D eigenvalue weighted by Crippen LogP contribution is -2.24. The van der Waals surface area contributed by atoms with Gasteiger partial charge in [-0.25, -0.2) is 4.79 Å². The van der Waals surface area contributed by atoms with Gasteiger partial charge in [0.2, 0.25) is 0 Å². The monoisotopic (exact) mass is 297 g/mol. The van der Waals surface area contributed by atoms with Crippen molar-refractivity contribution >= 4 is 23.2 Å². The summed E-state index contributed by atoms with van der Waals surface area (Å²) in [4.78, 5) is 24.1. The van der Waals surface area contributed by atoms with Crippen LogP contribution in [-0.2, 0) is 9.47 Å². The molecule has 0 bridgehead atoms. The maximum absolute atomic E-state index is 11.8. The van der Waals surface area contributed by atoms with E-state index in [9.17, 15) is 9.59 Å². The normalized spacial score (nSPS) is 14.1. The molecule has 1 aliphatic carbocycles. The number of thiophene rings is 1. The van der Waals surface area contributed by atoms with Gasteiger partial charge in [-0.3, -0.25) is 4.79 Å². The number of nitrogens with one attached hydrogen (secondary N) is 1. The van der Waals surface area contributed by atoms with Crippen LogP contribution in [-0.4, -0.2) is 38.7 Å². The lowest BCUT2D eigenvalue weighted by molar-refractivity contribution is 0.0606. The van der Waals surface area contributed by atoms with Gasteiger partial charge in [0.15, 0.2) is 0 Å². The van der Waals surface area contributed by atoms with E-state index in [-0.39, 0.29) is 5.91 Å². The molecule has 1 saturated carbocycles. The number of amides is 1. The van der Waals surface area contributed by atoms with Crippen molar-refractivity contribution < 1.29 is 19.1 Å². The molecule has 1 aromatic rings. The van der Waals surface area contributed by atoms with Crippen LogP contribution in [0, 0.1) is 5.92 Å². The maximum Gasteiger partial charge on any atom is 0.348 e. The van der Waals surface area contributed by atoms with Crippen LogP contribution >= 0.6 is 11.3 Å². The van der Waals surface area contributed by atoms with E-state index in [0.29, 0.717) is 22.9 Å². The molecule has 2 rings (SSSR count). The Labute approximate surface area is 122 Å². The predicted octanol–water partition coefficient (Wildman–Crippen LogP) is 2.08. The molecule has 0 spiro atoms. The minimum atomic E-state index is -0.414. The summed E-state index contributed by atoms with van der Waals surface area (Å²) in [6, 6.07) is 3.24. The Balaban J connectivity index is 1.63. The molecule has 0 saturated heterocycles. The van der Waals surface area contributed by atoms with E-state index >= 15 is 0 Å². The minimum absolute atomic E-state index is 0.160. The van der Waals surface area contributed by atoms with Crippen molar-refractivity contribution in [3.05, 3.63) is 21.9 Å². The quantitative estimate of drug-likeness (QED) is 0.589. The SMILES string of the molecule is COC(=O)c1ccc(C(=O)NCCCOCC2CC2)s1. The van der Waals surface area contributed by atoms with Crippen molar-refractivity contribution in [2.75, 3.05) is 26.9 Å². The highest BCUT2D eigenvalue weighted by Crippen LogP contribution is 2.28. The number of carbonyl (C=O) groups excluding carboxylic acids is 2. The topological polar surface area (TPSA) is 64.6 Å². The average molecular weight is 297 g/mol. The third kappa shape index (κ3) is 4.61. The van der Waals surface area contributed by atoms with Gasteiger partial charge in [-0.05, 0) is 37.3 Å². The highest BCUT2D eigenvalue weighted by atomic mass is 32.1. The fourth-order valence-electron chi connectivity index (χ4n) is 1.67. The standard InChI is InChI=1S/C14H19NO4S/c1-18-14(17)12-6-5-11(20-12)13(16)15-7-2-8-19-9-10-3-4-10/h5-6,10H,2-4,7-9H2,1H3,(H,15,16). The number of esters is 1. The van der Waals surface area contributed by atoms with Crippen LogP contribution in [0.15, 0.2) is 12.1 Å². The minimum Gasteiger partial charge on any atom is -0.465 e. The molecular weight excluding hydrogens is 278 g/mol. The van der Waals surface area contributed by atoms with E-state index in [0.717, 1.165) is 30.3 Å². The van der Waals surface area contributed by atoms with Crippen molar-refractivity contribution in [1.29, 1.82) is 0 Å². The highest BCUT2D eigenvalue weighted by molar-refractivity contribution is 7.15. The predicted molar refractivity (Wildman–Crippen MR) is 76.2 cm³/mol. The maximum atomic E-state index is 11.8. The number of rotatable bonds is 8. The molecule has 0 unspecified atom stereocenters. The number of carbonyl (C=O) groups is 2. The van der Waals surface area contributed by atoms with Crippen molar-refractivity contribution in [3.8, 4) is 0 Å². The molecule has 20 heavy (non-hydrogen) atoms. The van der Waals surface area contributed by atoms with Crippen molar-refractivity contribution in [2.24, 2.45) is 5.92 Å². The molecule has 6 heteroatoms. The summed E-state index contributed by atoms with van der Waals surface area (Å²) in [6.45, 7) is 2.10. The second-order valence-corrected chi connectivity index (χ2v) is 5.87. The van der Waals surface area contributed by atoms with Crippen molar-refractivity contribution in [3.63, 3.8) is 0 Å². The molecular formula is C14H19NO4S. The van der Waals surface area contributed by atoms with Crippen molar-refractivity contribution in [2.45, 2.75) is 19.3 Å². The van der Waals surface area contributed by atoms with Crippen LogP contribution < -0.4 is 5.32 Å². The van der Waals surface area contributed by atoms with Gasteiger partial charge in [0.05, 0.1) is 12.0 Å². The molecule has 0 atom stereocenters. The molecule has 5 nitrogen and oxygen atoms in total. The van der Waals surface area contributed by atoms with Crippen LogP contribution in [0.3, 0.4) is 0 Å². The Kier molecular flexibility index (Phi) is 5.55. The fourth-order valence-corrected chi connectivity index (χ4v) is 2.51. The number of hydrogen-bond donors (Lipinski definition) is 1. The fraction of sp³-hybridized carbons (Fsp3) is 0.571. The number of methoxy groups -OCH3 is 1. The van der Waals surface area contributed by atoms with Crippen LogP contribution in [0.1, 0.15) is 38.6 Å². The molecule has 1 aliphatic rings. The van der Waals surface area contributed by atoms with E-state index in [1.54, 1.807) is 12.1 Å². The van der Waals surface area contributed by atoms with Crippen LogP contribution in [0.5, 0.6) is 0 Å². The zero-order valence-electron chi connectivity index (χ0n) is 11.5. The van der Waals surface area contributed by atoms with Crippen LogP contribution in [0.25, 0.3) is 0 Å². The highest BCUT2D eigenvalue weighted by Gasteiger charge is 2.20. The second kappa shape index (κ2) is 7.40. The van der Waals surface area contributed by atoms with Crippen LogP contribution in [0.4, 0.5) is 0 Å². The smallest absolute Gasteiger partial charge is 0.348 e. The molecule has 1 amide bonds. The van der Waals surface area contributed by atoms with Gasteiger partial charge in [-0.1, -0.05) is 0 Å². The summed E-state index contributed by atoms with van der Waals surface area (Å²) in [5.41, 5.74) is 0. The molecule has 0 aliphatic heterocycles. The first-order valence-corrected chi connectivity index (χ1v) is 7.56. The summed E-state index contributed by atoms with van der Waals surface area (Å²) in [5, 5.41) is 2.81. The molecule has 0 radical (unpaired) electrons. The molecule has 1 N–H and O–H groups in total. The Hall–Kier alpha value is -1.40. The summed E-state index contributed by atoms with van der Waals surface area (Å²) >= 11 is 1.14. The largest absolute Gasteiger partial charge is 0.465 e. The van der Waals surface area contributed by atoms with E-state index < -0.39 is 5.97 Å². The molecule has 110 valence electrons. The van der Waals surface area contributed by atoms with Crippen LogP contribution in [0.2, 0.25) is 0 Å². The average Bonchev–Trinajstić information content (AvgIpc) is 3.15. The van der Waals surface area contributed by atoms with Gasteiger partial charge in [0.25, 0.3) is 5.91 Å². The third-order valence-corrected chi connectivity index (χ3v) is 4.08. The van der Waals surface area contributed by atoms with Gasteiger partial charge < -0.3 is 14.8 Å². The first-order chi connectivity index (χ1) is 9.70. The van der Waals surface area contributed by atoms with E-state index in [2.05, 4.69) is 10.1 Å². The lowest BCUT2D eigenvalue weighted by atomic mass is 10.4. The van der Waals surface area contributed by atoms with Gasteiger partial charge >= 0.3 is 5.97 Å². The van der Waals surface area contributed by atoms with Gasteiger partial charge in [0, 0.05) is 19.8 Å². The molecule has 1 fully saturated rings. The first kappa shape index (κ1) is 15.0. The Bertz CT molecular complexity index is 467. The Morgan fingerprint density at radius 2 is 2.10 bits per heavy atom. The molecule has 1 aromatic heterocycles.